The van der Waals surface area contributed by atoms with Crippen LogP contribution in [0.1, 0.15) is 15.9 Å². The molecular formula is C33H25N3O2. The van der Waals surface area contributed by atoms with Gasteiger partial charge in [0.1, 0.15) is 17.1 Å². The first-order valence-corrected chi connectivity index (χ1v) is 12.5. The van der Waals surface area contributed by atoms with E-state index in [1.54, 1.807) is 0 Å². The number of nitrogens with zero attached hydrogens (tertiary/aromatic N) is 1. The summed E-state index contributed by atoms with van der Waals surface area (Å²) in [7, 11) is 0. The number of fused-ring (bicyclic) bond motifs is 1. The quantitative estimate of drug-likeness (QED) is 0.239. The summed E-state index contributed by atoms with van der Waals surface area (Å²) >= 11 is 0. The van der Waals surface area contributed by atoms with Gasteiger partial charge in [0, 0.05) is 46.6 Å². The van der Waals surface area contributed by atoms with Crippen LogP contribution in [0, 0.1) is 0 Å². The zero-order valence-corrected chi connectivity index (χ0v) is 20.6. The van der Waals surface area contributed by atoms with Crippen LogP contribution in [0.15, 0.2) is 128 Å². The number of nitrogens with one attached hydrogen (secondary N) is 2. The molecule has 0 unspecified atom stereocenters. The van der Waals surface area contributed by atoms with E-state index in [1.807, 2.05) is 122 Å². The van der Waals surface area contributed by atoms with Gasteiger partial charge in [-0.3, -0.25) is 4.79 Å². The van der Waals surface area contributed by atoms with E-state index >= 15 is 0 Å². The van der Waals surface area contributed by atoms with E-state index in [0.717, 1.165) is 50.3 Å². The summed E-state index contributed by atoms with van der Waals surface area (Å²) in [6.07, 6.45) is 3.81. The van der Waals surface area contributed by atoms with Crippen molar-refractivity contribution in [3.05, 3.63) is 139 Å². The molecule has 0 spiro atoms. The first-order valence-electron chi connectivity index (χ1n) is 12.5. The summed E-state index contributed by atoms with van der Waals surface area (Å²) in [6, 6.07) is 37.4. The highest BCUT2D eigenvalue weighted by Crippen LogP contribution is 2.36. The number of hydrogen-bond acceptors (Lipinski definition) is 3. The molecule has 2 heterocycles. The van der Waals surface area contributed by atoms with Crippen LogP contribution < -0.4 is 10.1 Å². The van der Waals surface area contributed by atoms with Gasteiger partial charge >= 0.3 is 0 Å². The molecule has 0 aliphatic carbocycles. The van der Waals surface area contributed by atoms with Crippen molar-refractivity contribution in [1.82, 2.24) is 15.3 Å². The zero-order chi connectivity index (χ0) is 25.7. The summed E-state index contributed by atoms with van der Waals surface area (Å²) < 4.78 is 6.18. The Labute approximate surface area is 220 Å². The third-order valence-corrected chi connectivity index (χ3v) is 6.45. The topological polar surface area (TPSA) is 67.0 Å². The van der Waals surface area contributed by atoms with Gasteiger partial charge in [-0.05, 0) is 47.5 Å². The van der Waals surface area contributed by atoms with Crippen molar-refractivity contribution in [2.45, 2.75) is 6.54 Å². The van der Waals surface area contributed by atoms with Crippen LogP contribution in [-0.4, -0.2) is 15.9 Å². The van der Waals surface area contributed by atoms with Gasteiger partial charge < -0.3 is 15.0 Å². The van der Waals surface area contributed by atoms with E-state index in [2.05, 4.69) is 21.4 Å². The number of aromatic amines is 1. The van der Waals surface area contributed by atoms with Crippen LogP contribution in [0.25, 0.3) is 33.3 Å². The summed E-state index contributed by atoms with van der Waals surface area (Å²) in [4.78, 5) is 20.6. The number of para-hydroxylation sites is 2. The van der Waals surface area contributed by atoms with Gasteiger partial charge in [0.25, 0.3) is 5.91 Å². The third-order valence-electron chi connectivity index (χ3n) is 6.45. The predicted octanol–water partition coefficient (Wildman–Crippen LogP) is 7.62. The highest BCUT2D eigenvalue weighted by molar-refractivity contribution is 5.98. The fourth-order valence-electron chi connectivity index (χ4n) is 4.48. The lowest BCUT2D eigenvalue weighted by atomic mass is 10.0. The smallest absolute Gasteiger partial charge is 0.251 e. The fourth-order valence-corrected chi connectivity index (χ4v) is 4.48. The molecule has 0 radical (unpaired) electrons. The molecule has 1 amide bonds. The average molecular weight is 496 g/mol. The third kappa shape index (κ3) is 4.90. The van der Waals surface area contributed by atoms with Gasteiger partial charge in [-0.1, -0.05) is 78.9 Å². The van der Waals surface area contributed by atoms with Crippen molar-refractivity contribution in [3.8, 4) is 33.8 Å². The van der Waals surface area contributed by atoms with Gasteiger partial charge in [0.05, 0.1) is 0 Å². The maximum Gasteiger partial charge on any atom is 0.251 e. The highest BCUT2D eigenvalue weighted by Gasteiger charge is 2.13. The first kappa shape index (κ1) is 23.3. The molecule has 5 heteroatoms. The largest absolute Gasteiger partial charge is 0.457 e. The summed E-state index contributed by atoms with van der Waals surface area (Å²) in [6.45, 7) is 0.494. The molecule has 0 aliphatic heterocycles. The van der Waals surface area contributed by atoms with Crippen molar-refractivity contribution in [3.63, 3.8) is 0 Å². The minimum Gasteiger partial charge on any atom is -0.457 e. The van der Waals surface area contributed by atoms with Crippen LogP contribution in [-0.2, 0) is 6.54 Å². The summed E-state index contributed by atoms with van der Waals surface area (Å²) in [5.74, 6) is 1.45. The van der Waals surface area contributed by atoms with Crippen molar-refractivity contribution in [2.24, 2.45) is 0 Å². The molecule has 0 atom stereocenters. The van der Waals surface area contributed by atoms with E-state index in [0.29, 0.717) is 12.1 Å². The van der Waals surface area contributed by atoms with E-state index in [1.165, 1.54) is 0 Å². The molecule has 5 nitrogen and oxygen atoms in total. The van der Waals surface area contributed by atoms with Gasteiger partial charge in [0.2, 0.25) is 0 Å². The Bertz CT molecular complexity index is 1690. The summed E-state index contributed by atoms with van der Waals surface area (Å²) in [5, 5.41) is 3.98. The number of rotatable bonds is 7. The molecule has 2 aromatic heterocycles. The van der Waals surface area contributed by atoms with Crippen LogP contribution in [0.2, 0.25) is 0 Å². The van der Waals surface area contributed by atoms with E-state index in [-0.39, 0.29) is 5.91 Å². The van der Waals surface area contributed by atoms with Gasteiger partial charge in [0.15, 0.2) is 0 Å². The van der Waals surface area contributed by atoms with Crippen molar-refractivity contribution >= 4 is 16.9 Å². The fraction of sp³-hybridized carbons (Fsp3) is 0.0303. The summed E-state index contributed by atoms with van der Waals surface area (Å²) in [5.41, 5.74) is 6.43. The minimum atomic E-state index is -0.0988. The number of H-pyrrole nitrogens is 1. The molecule has 0 saturated heterocycles. The van der Waals surface area contributed by atoms with Crippen molar-refractivity contribution in [2.75, 3.05) is 0 Å². The number of carbonyl (C=O) groups is 1. The number of ether oxygens (including phenoxy) is 1. The van der Waals surface area contributed by atoms with Crippen LogP contribution in [0.3, 0.4) is 0 Å². The molecule has 0 saturated carbocycles. The second kappa shape index (κ2) is 10.4. The molecule has 184 valence electrons. The highest BCUT2D eigenvalue weighted by atomic mass is 16.5. The second-order valence-corrected chi connectivity index (χ2v) is 8.98. The lowest BCUT2D eigenvalue weighted by molar-refractivity contribution is 0.0951. The van der Waals surface area contributed by atoms with Crippen LogP contribution in [0.4, 0.5) is 0 Å². The SMILES string of the molecule is O=C(NCc1ccccc1)c1ccc(-c2c[nH]c3ncc(-c4ccccc4Oc4ccccc4)cc23)cc1. The molecule has 6 aromatic rings. The number of benzene rings is 4. The maximum atomic E-state index is 12.7. The molecule has 0 bridgehead atoms. The zero-order valence-electron chi connectivity index (χ0n) is 20.6. The molecule has 6 rings (SSSR count). The lowest BCUT2D eigenvalue weighted by Gasteiger charge is -2.11. The van der Waals surface area contributed by atoms with E-state index in [9.17, 15) is 4.79 Å². The molecule has 0 aliphatic rings. The normalized spacial score (nSPS) is 10.8. The van der Waals surface area contributed by atoms with E-state index < -0.39 is 0 Å². The van der Waals surface area contributed by atoms with E-state index in [4.69, 9.17) is 4.74 Å². The van der Waals surface area contributed by atoms with Crippen molar-refractivity contribution in [1.29, 1.82) is 0 Å². The van der Waals surface area contributed by atoms with Gasteiger partial charge in [-0.15, -0.1) is 0 Å². The average Bonchev–Trinajstić information content (AvgIpc) is 3.41. The molecular weight excluding hydrogens is 470 g/mol. The van der Waals surface area contributed by atoms with Gasteiger partial charge in [-0.2, -0.15) is 0 Å². The molecule has 2 N–H and O–H groups in total. The Morgan fingerprint density at radius 1 is 0.763 bits per heavy atom. The first-order chi connectivity index (χ1) is 18.7. The molecule has 4 aromatic carbocycles. The van der Waals surface area contributed by atoms with Crippen LogP contribution in [0.5, 0.6) is 11.5 Å². The Morgan fingerprint density at radius 3 is 2.26 bits per heavy atom. The Hall–Kier alpha value is -5.16. The number of hydrogen-bond donors (Lipinski definition) is 2. The van der Waals surface area contributed by atoms with Gasteiger partial charge in [-0.25, -0.2) is 4.98 Å². The number of pyridine rings is 1. The number of carbonyl (C=O) groups excluding carboxylic acids is 1. The second-order valence-electron chi connectivity index (χ2n) is 8.98. The monoisotopic (exact) mass is 495 g/mol. The minimum absolute atomic E-state index is 0.0988. The maximum absolute atomic E-state index is 12.7. The predicted molar refractivity (Wildman–Crippen MR) is 151 cm³/mol. The molecule has 38 heavy (non-hydrogen) atoms. The molecule has 0 fully saturated rings. The standard InChI is InChI=1S/C33H25N3O2/c37-33(36-20-23-9-3-1-4-10-23)25-17-15-24(16-18-25)30-22-35-32-29(30)19-26(21-34-32)28-13-7-8-14-31(28)38-27-11-5-2-6-12-27/h1-19,21-22H,20H2,(H,34,35)(H,36,37). The lowest BCUT2D eigenvalue weighted by Crippen LogP contribution is -2.22. The number of aromatic nitrogens is 2. The van der Waals surface area contributed by atoms with Crippen LogP contribution >= 0.6 is 0 Å². The Kier molecular flexibility index (Phi) is 6.39. The van der Waals surface area contributed by atoms with Crippen molar-refractivity contribution < 1.29 is 9.53 Å². The Balaban J connectivity index is 1.26. The Morgan fingerprint density at radius 2 is 1.47 bits per heavy atom. The number of amides is 1.